The molecule has 0 aliphatic carbocycles. The minimum atomic E-state index is -0.385. The third-order valence-corrected chi connectivity index (χ3v) is 7.05. The van der Waals surface area contributed by atoms with Crippen molar-refractivity contribution in [1.29, 1.82) is 0 Å². The first-order valence-electron chi connectivity index (χ1n) is 13.0. The van der Waals surface area contributed by atoms with Crippen LogP contribution in [-0.2, 0) is 11.8 Å². The highest BCUT2D eigenvalue weighted by molar-refractivity contribution is 5.88. The summed E-state index contributed by atoms with van der Waals surface area (Å²) < 4.78 is 7.84. The summed E-state index contributed by atoms with van der Waals surface area (Å²) in [4.78, 5) is 33.7. The zero-order valence-corrected chi connectivity index (χ0v) is 22.6. The normalized spacial score (nSPS) is 15.3. The number of hydrogen-bond donors (Lipinski definition) is 2. The van der Waals surface area contributed by atoms with Gasteiger partial charge in [0.15, 0.2) is 5.82 Å². The summed E-state index contributed by atoms with van der Waals surface area (Å²) in [7, 11) is 1.85. The number of carbonyl (C=O) groups is 1. The summed E-state index contributed by atoms with van der Waals surface area (Å²) in [5.41, 5.74) is 4.55. The second-order valence-corrected chi connectivity index (χ2v) is 9.72. The summed E-state index contributed by atoms with van der Waals surface area (Å²) in [5, 5.41) is 21.4. The number of aliphatic hydroxyl groups excluding tert-OH is 1. The molecule has 4 heterocycles. The summed E-state index contributed by atoms with van der Waals surface area (Å²) >= 11 is 0. The fourth-order valence-electron chi connectivity index (χ4n) is 4.88. The van der Waals surface area contributed by atoms with Gasteiger partial charge in [0, 0.05) is 38.4 Å². The van der Waals surface area contributed by atoms with Gasteiger partial charge in [-0.2, -0.15) is 0 Å². The van der Waals surface area contributed by atoms with Crippen LogP contribution < -0.4 is 15.0 Å². The van der Waals surface area contributed by atoms with Crippen LogP contribution in [0.25, 0.3) is 22.1 Å². The molecule has 1 atom stereocenters. The van der Waals surface area contributed by atoms with Crippen molar-refractivity contribution in [2.75, 3.05) is 36.5 Å². The van der Waals surface area contributed by atoms with Gasteiger partial charge < -0.3 is 25.0 Å². The van der Waals surface area contributed by atoms with E-state index in [1.54, 1.807) is 15.8 Å². The van der Waals surface area contributed by atoms with Gasteiger partial charge in [-0.1, -0.05) is 11.8 Å². The molecule has 13 heteroatoms. The van der Waals surface area contributed by atoms with Crippen molar-refractivity contribution in [3.8, 4) is 11.5 Å². The Kier molecular flexibility index (Phi) is 6.85. The Morgan fingerprint density at radius 1 is 1.17 bits per heavy atom. The molecule has 2 N–H and O–H groups in total. The number of aryl methyl sites for hydroxylation is 2. The molecule has 2 aromatic carbocycles. The van der Waals surface area contributed by atoms with Crippen molar-refractivity contribution in [1.82, 2.24) is 39.8 Å². The average Bonchev–Trinajstić information content (AvgIpc) is 3.37. The van der Waals surface area contributed by atoms with Crippen molar-refractivity contribution < 1.29 is 14.6 Å². The molecule has 13 nitrogen and oxygen atoms in total. The summed E-state index contributed by atoms with van der Waals surface area (Å²) in [6.07, 6.45) is 4.37. The molecule has 5 aromatic rings. The van der Waals surface area contributed by atoms with E-state index in [0.29, 0.717) is 53.9 Å². The van der Waals surface area contributed by atoms with Crippen LogP contribution in [0.1, 0.15) is 5.56 Å². The Hall–Kier alpha value is -5.17. The lowest BCUT2D eigenvalue weighted by molar-refractivity contribution is -0.129. The Balaban J connectivity index is 1.22. The van der Waals surface area contributed by atoms with Gasteiger partial charge in [0.25, 0.3) is 0 Å². The summed E-state index contributed by atoms with van der Waals surface area (Å²) in [5.74, 6) is 2.18. The highest BCUT2D eigenvalue weighted by Crippen LogP contribution is 2.31. The molecule has 1 fully saturated rings. The van der Waals surface area contributed by atoms with E-state index in [9.17, 15) is 9.90 Å². The predicted octanol–water partition coefficient (Wildman–Crippen LogP) is 2.74. The first kappa shape index (κ1) is 26.1. The molecule has 1 unspecified atom stereocenters. The van der Waals surface area contributed by atoms with Crippen molar-refractivity contribution in [2.45, 2.75) is 13.0 Å². The summed E-state index contributed by atoms with van der Waals surface area (Å²) in [6.45, 7) is 6.68. The van der Waals surface area contributed by atoms with Crippen molar-refractivity contribution in [2.24, 2.45) is 7.05 Å². The van der Waals surface area contributed by atoms with Gasteiger partial charge in [-0.15, -0.1) is 5.10 Å². The fraction of sp³-hybridized carbons (Fsp3) is 0.250. The van der Waals surface area contributed by atoms with Crippen molar-refractivity contribution in [3.63, 3.8) is 0 Å². The highest BCUT2D eigenvalue weighted by Gasteiger charge is 2.30. The smallest absolute Gasteiger partial charge is 0.246 e. The molecule has 1 saturated heterocycles. The minimum absolute atomic E-state index is 0.173. The quantitative estimate of drug-likeness (QED) is 0.287. The number of rotatable bonds is 7. The van der Waals surface area contributed by atoms with Crippen LogP contribution >= 0.6 is 0 Å². The van der Waals surface area contributed by atoms with E-state index < -0.39 is 0 Å². The van der Waals surface area contributed by atoms with Crippen molar-refractivity contribution >= 4 is 45.4 Å². The number of anilines is 3. The van der Waals surface area contributed by atoms with Gasteiger partial charge in [0.05, 0.1) is 24.4 Å². The van der Waals surface area contributed by atoms with E-state index in [-0.39, 0.29) is 18.6 Å². The van der Waals surface area contributed by atoms with E-state index in [1.165, 1.54) is 12.4 Å². The maximum atomic E-state index is 12.2. The van der Waals surface area contributed by atoms with Gasteiger partial charge in [0.2, 0.25) is 11.9 Å². The second kappa shape index (κ2) is 10.8. The predicted molar refractivity (Wildman–Crippen MR) is 153 cm³/mol. The van der Waals surface area contributed by atoms with E-state index in [1.807, 2.05) is 55.3 Å². The Labute approximate surface area is 235 Å². The van der Waals surface area contributed by atoms with Gasteiger partial charge in [-0.3, -0.25) is 4.79 Å². The lowest BCUT2D eigenvalue weighted by Crippen LogP contribution is -2.56. The molecular weight excluding hydrogens is 524 g/mol. The lowest BCUT2D eigenvalue weighted by Gasteiger charge is -2.40. The molecule has 1 aliphatic rings. The zero-order valence-electron chi connectivity index (χ0n) is 22.6. The number of aliphatic hydroxyl groups is 1. The highest BCUT2D eigenvalue weighted by atomic mass is 16.5. The number of ether oxygens (including phenoxy) is 1. The monoisotopic (exact) mass is 552 g/mol. The average molecular weight is 553 g/mol. The summed E-state index contributed by atoms with van der Waals surface area (Å²) in [6, 6.07) is 11.1. The first-order chi connectivity index (χ1) is 19.9. The van der Waals surface area contributed by atoms with Gasteiger partial charge in [-0.05, 0) is 48.9 Å². The molecular formula is C28H28N10O3. The van der Waals surface area contributed by atoms with E-state index in [4.69, 9.17) is 9.72 Å². The number of amides is 1. The van der Waals surface area contributed by atoms with Crippen LogP contribution in [0, 0.1) is 6.92 Å². The van der Waals surface area contributed by atoms with Crippen LogP contribution in [0.2, 0.25) is 0 Å². The van der Waals surface area contributed by atoms with Crippen LogP contribution in [0.5, 0.6) is 11.5 Å². The fourth-order valence-corrected chi connectivity index (χ4v) is 4.88. The number of piperazine rings is 1. The Bertz CT molecular complexity index is 1770. The Morgan fingerprint density at radius 3 is 2.85 bits per heavy atom. The van der Waals surface area contributed by atoms with Gasteiger partial charge in [0.1, 0.15) is 34.4 Å². The van der Waals surface area contributed by atoms with Crippen LogP contribution in [0.15, 0.2) is 61.6 Å². The van der Waals surface area contributed by atoms with Gasteiger partial charge >= 0.3 is 0 Å². The first-order valence-corrected chi connectivity index (χ1v) is 13.0. The van der Waals surface area contributed by atoms with E-state index in [0.717, 1.165) is 22.3 Å². The number of benzene rings is 2. The number of carbonyl (C=O) groups excluding carboxylic acids is 1. The number of nitrogens with zero attached hydrogens (tertiary/aromatic N) is 9. The number of fused-ring (bicyclic) bond motifs is 2. The van der Waals surface area contributed by atoms with Crippen LogP contribution in [0.4, 0.5) is 17.5 Å². The van der Waals surface area contributed by atoms with E-state index >= 15 is 0 Å². The van der Waals surface area contributed by atoms with Crippen LogP contribution in [0.3, 0.4) is 0 Å². The largest absolute Gasteiger partial charge is 0.457 e. The van der Waals surface area contributed by atoms with E-state index in [2.05, 4.69) is 37.2 Å². The maximum Gasteiger partial charge on any atom is 0.246 e. The molecule has 0 saturated carbocycles. The zero-order chi connectivity index (χ0) is 28.5. The number of hydrogen-bond acceptors (Lipinski definition) is 11. The van der Waals surface area contributed by atoms with Crippen molar-refractivity contribution in [3.05, 3.63) is 67.1 Å². The molecule has 0 bridgehead atoms. The lowest BCUT2D eigenvalue weighted by atomic mass is 10.1. The number of aromatic nitrogens is 7. The molecule has 3 aromatic heterocycles. The minimum Gasteiger partial charge on any atom is -0.457 e. The second-order valence-electron chi connectivity index (χ2n) is 9.72. The third kappa shape index (κ3) is 5.10. The molecule has 6 rings (SSSR count). The standard InChI is InChI=1S/C28H28N10O3/c1-4-25(40)38-10-9-37(14-19(38)15-39)28-29-13-22-26(33-28)27(31-16-30-22)32-18-5-8-24(17(2)11-18)41-20-6-7-23-21(12-20)34-35-36(23)3/h4-8,11-13,16,19,39H,1,9-10,14-15H2,2-3H3,(H,30,31,32). The molecule has 0 spiro atoms. The number of nitrogens with one attached hydrogen (secondary N) is 1. The SMILES string of the molecule is C=CC(=O)N1CCN(c2ncc3ncnc(Nc4ccc(Oc5ccc6c(c5)nnn6C)c(C)c4)c3n2)CC1CO. The molecule has 1 aliphatic heterocycles. The Morgan fingerprint density at radius 2 is 2.05 bits per heavy atom. The molecule has 41 heavy (non-hydrogen) atoms. The van der Waals surface area contributed by atoms with Crippen LogP contribution in [-0.4, -0.2) is 83.1 Å². The van der Waals surface area contributed by atoms with Gasteiger partial charge in [-0.25, -0.2) is 24.6 Å². The molecule has 0 radical (unpaired) electrons. The molecule has 208 valence electrons. The molecule has 1 amide bonds. The third-order valence-electron chi connectivity index (χ3n) is 7.05. The topological polar surface area (TPSA) is 147 Å². The maximum absolute atomic E-state index is 12.2.